The van der Waals surface area contributed by atoms with Gasteiger partial charge in [0.05, 0.1) is 6.54 Å². The Morgan fingerprint density at radius 2 is 2.20 bits per heavy atom. The monoisotopic (exact) mass is 134 g/mol. The number of nitrogens with zero attached hydrogens (tertiary/aromatic N) is 3. The van der Waals surface area contributed by atoms with Crippen LogP contribution in [0, 0.1) is 11.5 Å². The minimum absolute atomic E-state index is 0.400. The zero-order chi connectivity index (χ0) is 7.23. The van der Waals surface area contributed by atoms with Gasteiger partial charge in [0.1, 0.15) is 5.82 Å². The van der Waals surface area contributed by atoms with Crippen LogP contribution in [0.2, 0.25) is 0 Å². The van der Waals surface area contributed by atoms with E-state index in [4.69, 9.17) is 5.26 Å². The van der Waals surface area contributed by atoms with Gasteiger partial charge < -0.3 is 5.32 Å². The number of hydrogen-bond acceptors (Lipinski definition) is 4. The van der Waals surface area contributed by atoms with Gasteiger partial charge in [0, 0.05) is 12.4 Å². The SMILES string of the molecule is N#CNCc1ncccn1. The smallest absolute Gasteiger partial charge is 0.176 e. The van der Waals surface area contributed by atoms with Gasteiger partial charge in [-0.1, -0.05) is 0 Å². The van der Waals surface area contributed by atoms with Gasteiger partial charge in [-0.05, 0) is 6.07 Å². The second kappa shape index (κ2) is 3.41. The molecule has 0 saturated carbocycles. The Labute approximate surface area is 58.5 Å². The second-order valence-electron chi connectivity index (χ2n) is 1.63. The summed E-state index contributed by atoms with van der Waals surface area (Å²) in [5.74, 6) is 0.629. The van der Waals surface area contributed by atoms with E-state index in [0.717, 1.165) is 0 Å². The number of nitriles is 1. The Hall–Kier alpha value is -1.63. The van der Waals surface area contributed by atoms with Gasteiger partial charge in [0.15, 0.2) is 6.19 Å². The van der Waals surface area contributed by atoms with Crippen LogP contribution >= 0.6 is 0 Å². The number of aromatic nitrogens is 2. The molecule has 0 amide bonds. The normalized spacial score (nSPS) is 8.30. The summed E-state index contributed by atoms with van der Waals surface area (Å²) >= 11 is 0. The van der Waals surface area contributed by atoms with Gasteiger partial charge in [0.25, 0.3) is 0 Å². The molecule has 50 valence electrons. The van der Waals surface area contributed by atoms with Crippen LogP contribution in [0.3, 0.4) is 0 Å². The molecule has 0 spiro atoms. The van der Waals surface area contributed by atoms with Crippen LogP contribution in [0.5, 0.6) is 0 Å². The summed E-state index contributed by atoms with van der Waals surface area (Å²) in [4.78, 5) is 7.78. The maximum absolute atomic E-state index is 8.11. The molecule has 1 heterocycles. The summed E-state index contributed by atoms with van der Waals surface area (Å²) in [6.45, 7) is 0.400. The van der Waals surface area contributed by atoms with Crippen molar-refractivity contribution in [2.24, 2.45) is 0 Å². The molecule has 0 aliphatic heterocycles. The zero-order valence-electron chi connectivity index (χ0n) is 5.28. The van der Waals surface area contributed by atoms with Crippen molar-refractivity contribution >= 4 is 0 Å². The molecule has 0 atom stereocenters. The third-order valence-electron chi connectivity index (χ3n) is 0.945. The van der Waals surface area contributed by atoms with Crippen molar-refractivity contribution in [3.63, 3.8) is 0 Å². The summed E-state index contributed by atoms with van der Waals surface area (Å²) in [7, 11) is 0. The first-order chi connectivity index (χ1) is 4.93. The molecule has 4 heteroatoms. The maximum atomic E-state index is 8.11. The Kier molecular flexibility index (Phi) is 2.21. The molecule has 1 aromatic heterocycles. The lowest BCUT2D eigenvalue weighted by molar-refractivity contribution is 0.805. The molecule has 1 N–H and O–H groups in total. The average molecular weight is 134 g/mol. The molecule has 1 aromatic rings. The summed E-state index contributed by atoms with van der Waals surface area (Å²) in [6, 6.07) is 1.73. The Balaban J connectivity index is 2.52. The molecular weight excluding hydrogens is 128 g/mol. The first-order valence-electron chi connectivity index (χ1n) is 2.81. The van der Waals surface area contributed by atoms with Gasteiger partial charge in [-0.2, -0.15) is 5.26 Å². The Morgan fingerprint density at radius 3 is 2.80 bits per heavy atom. The fourth-order valence-electron chi connectivity index (χ4n) is 0.540. The highest BCUT2D eigenvalue weighted by Gasteiger charge is 1.89. The number of rotatable bonds is 2. The highest BCUT2D eigenvalue weighted by molar-refractivity contribution is 4.88. The lowest BCUT2D eigenvalue weighted by atomic mass is 10.5. The molecule has 0 aromatic carbocycles. The standard InChI is InChI=1S/C6H6N4/c7-5-8-4-6-9-2-1-3-10-6/h1-3,8H,4H2. The van der Waals surface area contributed by atoms with Crippen LogP contribution in [-0.2, 0) is 6.54 Å². The van der Waals surface area contributed by atoms with Crippen LogP contribution in [0.1, 0.15) is 5.82 Å². The predicted molar refractivity (Wildman–Crippen MR) is 34.5 cm³/mol. The van der Waals surface area contributed by atoms with E-state index < -0.39 is 0 Å². The van der Waals surface area contributed by atoms with Crippen molar-refractivity contribution < 1.29 is 0 Å². The summed E-state index contributed by atoms with van der Waals surface area (Å²) in [5.41, 5.74) is 0. The Bertz CT molecular complexity index is 225. The van der Waals surface area contributed by atoms with E-state index in [2.05, 4.69) is 15.3 Å². The van der Waals surface area contributed by atoms with Gasteiger partial charge in [-0.25, -0.2) is 9.97 Å². The molecule has 0 aliphatic carbocycles. The molecule has 4 nitrogen and oxygen atoms in total. The molecule has 0 saturated heterocycles. The first kappa shape index (κ1) is 6.49. The highest BCUT2D eigenvalue weighted by atomic mass is 14.9. The van der Waals surface area contributed by atoms with Gasteiger partial charge in [-0.3, -0.25) is 0 Å². The van der Waals surface area contributed by atoms with Crippen molar-refractivity contribution in [2.45, 2.75) is 6.54 Å². The van der Waals surface area contributed by atoms with Crippen molar-refractivity contribution in [1.29, 1.82) is 5.26 Å². The highest BCUT2D eigenvalue weighted by Crippen LogP contribution is 1.83. The average Bonchev–Trinajstić information content (AvgIpc) is 2.03. The Morgan fingerprint density at radius 1 is 1.50 bits per heavy atom. The summed E-state index contributed by atoms with van der Waals surface area (Å²) in [5, 5.41) is 10.6. The first-order valence-corrected chi connectivity index (χ1v) is 2.81. The van der Waals surface area contributed by atoms with E-state index in [-0.39, 0.29) is 0 Å². The van der Waals surface area contributed by atoms with Gasteiger partial charge >= 0.3 is 0 Å². The molecule has 0 unspecified atom stereocenters. The lowest BCUT2D eigenvalue weighted by Crippen LogP contribution is -2.07. The number of hydrogen-bond donors (Lipinski definition) is 1. The van der Waals surface area contributed by atoms with Crippen molar-refractivity contribution in [3.05, 3.63) is 24.3 Å². The van der Waals surface area contributed by atoms with E-state index in [1.165, 1.54) is 0 Å². The zero-order valence-corrected chi connectivity index (χ0v) is 5.28. The van der Waals surface area contributed by atoms with Gasteiger partial charge in [0.2, 0.25) is 0 Å². The molecule has 0 bridgehead atoms. The van der Waals surface area contributed by atoms with E-state index in [9.17, 15) is 0 Å². The van der Waals surface area contributed by atoms with E-state index in [1.807, 2.05) is 0 Å². The van der Waals surface area contributed by atoms with Crippen molar-refractivity contribution in [1.82, 2.24) is 15.3 Å². The summed E-state index contributed by atoms with van der Waals surface area (Å²) < 4.78 is 0. The minimum Gasteiger partial charge on any atom is -0.316 e. The van der Waals surface area contributed by atoms with E-state index in [1.54, 1.807) is 24.7 Å². The third kappa shape index (κ3) is 1.71. The van der Waals surface area contributed by atoms with Crippen LogP contribution in [0.15, 0.2) is 18.5 Å². The van der Waals surface area contributed by atoms with Crippen LogP contribution in [-0.4, -0.2) is 9.97 Å². The molecule has 0 aliphatic rings. The molecule has 1 rings (SSSR count). The fraction of sp³-hybridized carbons (Fsp3) is 0.167. The maximum Gasteiger partial charge on any atom is 0.176 e. The van der Waals surface area contributed by atoms with Crippen molar-refractivity contribution in [2.75, 3.05) is 0 Å². The quantitative estimate of drug-likeness (QED) is 0.458. The topological polar surface area (TPSA) is 61.6 Å². The molecular formula is C6H6N4. The molecule has 0 radical (unpaired) electrons. The third-order valence-corrected chi connectivity index (χ3v) is 0.945. The predicted octanol–water partition coefficient (Wildman–Crippen LogP) is 0.0473. The van der Waals surface area contributed by atoms with E-state index in [0.29, 0.717) is 12.4 Å². The molecule has 10 heavy (non-hydrogen) atoms. The van der Waals surface area contributed by atoms with Crippen LogP contribution in [0.4, 0.5) is 0 Å². The van der Waals surface area contributed by atoms with Crippen LogP contribution < -0.4 is 5.32 Å². The molecule has 0 fully saturated rings. The van der Waals surface area contributed by atoms with E-state index >= 15 is 0 Å². The fourth-order valence-corrected chi connectivity index (χ4v) is 0.540. The summed E-state index contributed by atoms with van der Waals surface area (Å²) in [6.07, 6.45) is 5.07. The second-order valence-corrected chi connectivity index (χ2v) is 1.63. The minimum atomic E-state index is 0.400. The lowest BCUT2D eigenvalue weighted by Gasteiger charge is -1.92. The van der Waals surface area contributed by atoms with Crippen LogP contribution in [0.25, 0.3) is 0 Å². The van der Waals surface area contributed by atoms with Gasteiger partial charge in [-0.15, -0.1) is 0 Å². The largest absolute Gasteiger partial charge is 0.316 e. The number of nitrogens with one attached hydrogen (secondary N) is 1. The van der Waals surface area contributed by atoms with Crippen molar-refractivity contribution in [3.8, 4) is 6.19 Å².